The lowest BCUT2D eigenvalue weighted by Crippen LogP contribution is -2.29. The van der Waals surface area contributed by atoms with Crippen molar-refractivity contribution in [3.05, 3.63) is 23.8 Å². The molecule has 2 rings (SSSR count). The van der Waals surface area contributed by atoms with Gasteiger partial charge in [-0.3, -0.25) is 0 Å². The topological polar surface area (TPSA) is 50.7 Å². The second-order valence-corrected chi connectivity index (χ2v) is 3.91. The third kappa shape index (κ3) is 2.46. The van der Waals surface area contributed by atoms with E-state index in [2.05, 4.69) is 5.32 Å². The fourth-order valence-corrected chi connectivity index (χ4v) is 1.62. The minimum Gasteiger partial charge on any atom is -0.486 e. The van der Waals surface area contributed by atoms with Crippen molar-refractivity contribution in [2.24, 2.45) is 0 Å². The summed E-state index contributed by atoms with van der Waals surface area (Å²) in [4.78, 5) is 0. The molecule has 88 valence electrons. The zero-order chi connectivity index (χ0) is 11.4. The lowest BCUT2D eigenvalue weighted by Gasteiger charge is -2.21. The van der Waals surface area contributed by atoms with E-state index in [4.69, 9.17) is 14.6 Å². The van der Waals surface area contributed by atoms with Crippen LogP contribution in [0.1, 0.15) is 12.5 Å². The molecule has 0 unspecified atom stereocenters. The molecule has 0 bridgehead atoms. The van der Waals surface area contributed by atoms with E-state index in [1.807, 2.05) is 25.1 Å². The zero-order valence-corrected chi connectivity index (χ0v) is 9.40. The molecular weight excluding hydrogens is 206 g/mol. The van der Waals surface area contributed by atoms with Gasteiger partial charge in [-0.05, 0) is 13.0 Å². The molecule has 2 N–H and O–H groups in total. The number of nitrogens with one attached hydrogen (secondary N) is 1. The van der Waals surface area contributed by atoms with E-state index >= 15 is 0 Å². The first kappa shape index (κ1) is 11.2. The highest BCUT2D eigenvalue weighted by Crippen LogP contribution is 2.33. The summed E-state index contributed by atoms with van der Waals surface area (Å²) in [6.07, 6.45) is 0. The molecule has 0 radical (unpaired) electrons. The molecule has 0 saturated heterocycles. The second-order valence-electron chi connectivity index (χ2n) is 3.91. The molecule has 1 heterocycles. The van der Waals surface area contributed by atoms with Crippen molar-refractivity contribution in [3.8, 4) is 11.5 Å². The summed E-state index contributed by atoms with van der Waals surface area (Å²) in [7, 11) is 0. The summed E-state index contributed by atoms with van der Waals surface area (Å²) in [5.74, 6) is 1.63. The van der Waals surface area contributed by atoms with Gasteiger partial charge in [-0.25, -0.2) is 0 Å². The Labute approximate surface area is 95.2 Å². The zero-order valence-electron chi connectivity index (χ0n) is 9.40. The Morgan fingerprint density at radius 3 is 3.00 bits per heavy atom. The number of benzene rings is 1. The first-order valence-electron chi connectivity index (χ1n) is 5.53. The number of hydrogen-bond donors (Lipinski definition) is 2. The summed E-state index contributed by atoms with van der Waals surface area (Å²) in [5.41, 5.74) is 1.07. The van der Waals surface area contributed by atoms with Gasteiger partial charge in [0.05, 0.1) is 6.61 Å². The van der Waals surface area contributed by atoms with Crippen LogP contribution in [0, 0.1) is 0 Å². The third-order valence-electron chi connectivity index (χ3n) is 2.56. The number of fused-ring (bicyclic) bond motifs is 1. The molecule has 0 saturated carbocycles. The summed E-state index contributed by atoms with van der Waals surface area (Å²) in [6.45, 7) is 3.95. The van der Waals surface area contributed by atoms with Crippen molar-refractivity contribution in [3.63, 3.8) is 0 Å². The number of hydrogen-bond acceptors (Lipinski definition) is 4. The first-order chi connectivity index (χ1) is 7.81. The summed E-state index contributed by atoms with van der Waals surface area (Å²) in [6, 6.07) is 5.95. The van der Waals surface area contributed by atoms with Crippen molar-refractivity contribution in [2.45, 2.75) is 19.5 Å². The maximum absolute atomic E-state index is 8.93. The molecule has 16 heavy (non-hydrogen) atoms. The predicted molar refractivity (Wildman–Crippen MR) is 60.8 cm³/mol. The van der Waals surface area contributed by atoms with Crippen LogP contribution in [0.25, 0.3) is 0 Å². The largest absolute Gasteiger partial charge is 0.486 e. The predicted octanol–water partition coefficient (Wildman–Crippen LogP) is 0.928. The average Bonchev–Trinajstić information content (AvgIpc) is 2.35. The molecule has 1 aliphatic heterocycles. The average molecular weight is 223 g/mol. The van der Waals surface area contributed by atoms with Crippen molar-refractivity contribution in [1.29, 1.82) is 0 Å². The number of aliphatic hydroxyl groups excluding tert-OH is 1. The highest BCUT2D eigenvalue weighted by atomic mass is 16.6. The van der Waals surface area contributed by atoms with Crippen molar-refractivity contribution >= 4 is 0 Å². The monoisotopic (exact) mass is 223 g/mol. The third-order valence-corrected chi connectivity index (χ3v) is 2.56. The van der Waals surface area contributed by atoms with E-state index in [9.17, 15) is 0 Å². The summed E-state index contributed by atoms with van der Waals surface area (Å²) >= 11 is 0. The molecule has 1 atom stereocenters. The second kappa shape index (κ2) is 5.18. The minimum absolute atomic E-state index is 0.0837. The summed E-state index contributed by atoms with van der Waals surface area (Å²) < 4.78 is 11.1. The Morgan fingerprint density at radius 2 is 2.19 bits per heavy atom. The fourth-order valence-electron chi connectivity index (χ4n) is 1.62. The SMILES string of the molecule is C[C@H](CO)NCc1cccc2c1OCCO2. The van der Waals surface area contributed by atoms with Crippen LogP contribution >= 0.6 is 0 Å². The molecule has 0 fully saturated rings. The van der Waals surface area contributed by atoms with E-state index < -0.39 is 0 Å². The van der Waals surface area contributed by atoms with Crippen LogP contribution in [0.5, 0.6) is 11.5 Å². The lowest BCUT2D eigenvalue weighted by molar-refractivity contribution is 0.169. The van der Waals surface area contributed by atoms with Gasteiger partial charge in [0, 0.05) is 18.2 Å². The molecular formula is C12H17NO3. The fraction of sp³-hybridized carbons (Fsp3) is 0.500. The quantitative estimate of drug-likeness (QED) is 0.797. The van der Waals surface area contributed by atoms with Crippen LogP contribution in [0.3, 0.4) is 0 Å². The van der Waals surface area contributed by atoms with Crippen LogP contribution in [0.15, 0.2) is 18.2 Å². The molecule has 1 aliphatic rings. The van der Waals surface area contributed by atoms with Crippen molar-refractivity contribution < 1.29 is 14.6 Å². The van der Waals surface area contributed by atoms with E-state index in [-0.39, 0.29) is 12.6 Å². The molecule has 0 aromatic heterocycles. The van der Waals surface area contributed by atoms with Gasteiger partial charge in [0.15, 0.2) is 11.5 Å². The molecule has 1 aromatic carbocycles. The highest BCUT2D eigenvalue weighted by Gasteiger charge is 2.15. The van der Waals surface area contributed by atoms with Gasteiger partial charge in [-0.15, -0.1) is 0 Å². The Balaban J connectivity index is 2.08. The molecule has 4 heteroatoms. The Hall–Kier alpha value is -1.26. The van der Waals surface area contributed by atoms with Gasteiger partial charge in [-0.2, -0.15) is 0 Å². The smallest absolute Gasteiger partial charge is 0.165 e. The maximum atomic E-state index is 8.93. The molecule has 4 nitrogen and oxygen atoms in total. The summed E-state index contributed by atoms with van der Waals surface area (Å²) in [5, 5.41) is 12.1. The van der Waals surface area contributed by atoms with Crippen LogP contribution in [0.2, 0.25) is 0 Å². The Bertz CT molecular complexity index is 354. The van der Waals surface area contributed by atoms with Crippen LogP contribution in [-0.4, -0.2) is 31.0 Å². The number of ether oxygens (including phenoxy) is 2. The van der Waals surface area contributed by atoms with Crippen molar-refractivity contribution in [1.82, 2.24) is 5.32 Å². The standard InChI is InChI=1S/C12H17NO3/c1-9(8-14)13-7-10-3-2-4-11-12(10)16-6-5-15-11/h2-4,9,13-14H,5-8H2,1H3/t9-/m1/s1. The lowest BCUT2D eigenvalue weighted by atomic mass is 10.1. The minimum atomic E-state index is 0.0837. The Kier molecular flexibility index (Phi) is 3.64. The van der Waals surface area contributed by atoms with Gasteiger partial charge in [0.1, 0.15) is 13.2 Å². The normalized spacial score (nSPS) is 15.9. The Morgan fingerprint density at radius 1 is 1.38 bits per heavy atom. The number of aliphatic hydroxyl groups is 1. The van der Waals surface area contributed by atoms with Gasteiger partial charge in [-0.1, -0.05) is 12.1 Å². The molecule has 1 aromatic rings. The number of rotatable bonds is 4. The maximum Gasteiger partial charge on any atom is 0.165 e. The van der Waals surface area contributed by atoms with Crippen LogP contribution in [0.4, 0.5) is 0 Å². The van der Waals surface area contributed by atoms with Crippen LogP contribution < -0.4 is 14.8 Å². The first-order valence-corrected chi connectivity index (χ1v) is 5.53. The van der Waals surface area contributed by atoms with E-state index in [1.165, 1.54) is 0 Å². The van der Waals surface area contributed by atoms with E-state index in [0.717, 1.165) is 17.1 Å². The van der Waals surface area contributed by atoms with Gasteiger partial charge in [0.2, 0.25) is 0 Å². The molecule has 0 amide bonds. The van der Waals surface area contributed by atoms with Crippen molar-refractivity contribution in [2.75, 3.05) is 19.8 Å². The van der Waals surface area contributed by atoms with Gasteiger partial charge in [0.25, 0.3) is 0 Å². The molecule has 0 spiro atoms. The van der Waals surface area contributed by atoms with E-state index in [0.29, 0.717) is 19.8 Å². The van der Waals surface area contributed by atoms with Crippen LogP contribution in [-0.2, 0) is 6.54 Å². The molecule has 0 aliphatic carbocycles. The highest BCUT2D eigenvalue weighted by molar-refractivity contribution is 5.47. The number of para-hydroxylation sites is 1. The van der Waals surface area contributed by atoms with Gasteiger partial charge < -0.3 is 19.9 Å². The van der Waals surface area contributed by atoms with Gasteiger partial charge >= 0.3 is 0 Å². The van der Waals surface area contributed by atoms with E-state index in [1.54, 1.807) is 0 Å².